The molecule has 3 N–H and O–H groups in total. The molecule has 0 saturated carbocycles. The quantitative estimate of drug-likeness (QED) is 0.231. The van der Waals surface area contributed by atoms with Crippen LogP contribution in [-0.2, 0) is 0 Å². The second-order valence-corrected chi connectivity index (χ2v) is 7.25. The van der Waals surface area contributed by atoms with E-state index >= 15 is 0 Å². The van der Waals surface area contributed by atoms with Crippen LogP contribution in [0.1, 0.15) is 88.3 Å². The highest BCUT2D eigenvalue weighted by atomic mass is 16.4. The molecule has 1 rings (SSSR count). The van der Waals surface area contributed by atoms with Crippen molar-refractivity contribution in [2.24, 2.45) is 5.73 Å². The minimum absolute atomic E-state index is 0.0794. The van der Waals surface area contributed by atoms with Crippen LogP contribution in [0.15, 0.2) is 50.9 Å². The number of rotatable bonds is 11. The number of carbonyl (C=O) groups excluding carboxylic acids is 1. The summed E-state index contributed by atoms with van der Waals surface area (Å²) in [6, 6.07) is 1.37. The van der Waals surface area contributed by atoms with E-state index in [0.29, 0.717) is 17.8 Å². The van der Waals surface area contributed by atoms with Gasteiger partial charge in [-0.2, -0.15) is 0 Å². The Morgan fingerprint density at radius 2 is 2.00 bits per heavy atom. The molecule has 0 bridgehead atoms. The lowest BCUT2D eigenvalue weighted by Crippen LogP contribution is -2.16. The largest absolute Gasteiger partial charge is 0.507 e. The van der Waals surface area contributed by atoms with Gasteiger partial charge in [0.25, 0.3) is 0 Å². The van der Waals surface area contributed by atoms with Crippen LogP contribution in [0.5, 0.6) is 5.75 Å². The predicted molar refractivity (Wildman–Crippen MR) is 114 cm³/mol. The molecule has 0 aromatic carbocycles. The molecule has 0 saturated heterocycles. The minimum Gasteiger partial charge on any atom is -0.507 e. The van der Waals surface area contributed by atoms with Gasteiger partial charge in [-0.15, -0.1) is 0 Å². The summed E-state index contributed by atoms with van der Waals surface area (Å²) in [7, 11) is 0. The zero-order valence-corrected chi connectivity index (χ0v) is 17.5. The van der Waals surface area contributed by atoms with Crippen molar-refractivity contribution in [3.8, 4) is 5.75 Å². The summed E-state index contributed by atoms with van der Waals surface area (Å²) < 4.78 is 5.31. The average Bonchev–Trinajstić information content (AvgIpc) is 2.65. The number of unbranched alkanes of at least 4 members (excludes halogenated alkanes) is 2. The number of allylic oxidation sites excluding steroid dienone is 5. The van der Waals surface area contributed by atoms with Gasteiger partial charge >= 0.3 is 5.63 Å². The van der Waals surface area contributed by atoms with Gasteiger partial charge in [-0.25, -0.2) is 4.79 Å². The number of nitrogens with two attached hydrogens (primary N) is 1. The molecular formula is C23H33NO4. The van der Waals surface area contributed by atoms with Crippen molar-refractivity contribution in [3.05, 3.63) is 63.4 Å². The van der Waals surface area contributed by atoms with Crippen molar-refractivity contribution < 1.29 is 14.3 Å². The molecule has 0 aliphatic heterocycles. The maximum Gasteiger partial charge on any atom is 0.351 e. The summed E-state index contributed by atoms with van der Waals surface area (Å²) in [6.07, 6.45) is 12.7. The second kappa shape index (κ2) is 12.0. The van der Waals surface area contributed by atoms with E-state index in [1.165, 1.54) is 24.3 Å². The Bertz CT molecular complexity index is 799. The predicted octanol–water partition coefficient (Wildman–Crippen LogP) is 5.36. The van der Waals surface area contributed by atoms with Crippen molar-refractivity contribution in [1.82, 2.24) is 0 Å². The van der Waals surface area contributed by atoms with Gasteiger partial charge in [-0.05, 0) is 51.3 Å². The van der Waals surface area contributed by atoms with Crippen LogP contribution in [0, 0.1) is 0 Å². The Labute approximate surface area is 167 Å². The van der Waals surface area contributed by atoms with Gasteiger partial charge in [0.15, 0.2) is 5.78 Å². The Balaban J connectivity index is 2.97. The van der Waals surface area contributed by atoms with Crippen molar-refractivity contribution in [2.75, 3.05) is 0 Å². The maximum atomic E-state index is 12.6. The molecule has 0 spiro atoms. The van der Waals surface area contributed by atoms with Crippen LogP contribution in [0.2, 0.25) is 0 Å². The molecule has 0 radical (unpaired) electrons. The van der Waals surface area contributed by atoms with E-state index in [-0.39, 0.29) is 17.2 Å². The number of aromatic hydroxyl groups is 1. The van der Waals surface area contributed by atoms with E-state index in [0.717, 1.165) is 25.7 Å². The molecule has 0 amide bonds. The van der Waals surface area contributed by atoms with Crippen molar-refractivity contribution in [2.45, 2.75) is 72.1 Å². The van der Waals surface area contributed by atoms with Crippen LogP contribution in [0.3, 0.4) is 0 Å². The fraction of sp³-hybridized carbons (Fsp3) is 0.478. The van der Waals surface area contributed by atoms with Gasteiger partial charge < -0.3 is 15.3 Å². The van der Waals surface area contributed by atoms with E-state index in [1.807, 2.05) is 26.0 Å². The molecule has 5 heteroatoms. The lowest BCUT2D eigenvalue weighted by Gasteiger charge is -2.10. The molecule has 0 aliphatic rings. The summed E-state index contributed by atoms with van der Waals surface area (Å²) in [5, 5.41) is 10.3. The molecule has 1 aromatic rings. The second-order valence-electron chi connectivity index (χ2n) is 7.25. The molecule has 154 valence electrons. The first-order chi connectivity index (χ1) is 13.3. The van der Waals surface area contributed by atoms with Gasteiger partial charge in [-0.3, -0.25) is 4.79 Å². The lowest BCUT2D eigenvalue weighted by molar-refractivity contribution is 0.102. The summed E-state index contributed by atoms with van der Waals surface area (Å²) in [5.41, 5.74) is 5.75. The Morgan fingerprint density at radius 1 is 1.29 bits per heavy atom. The van der Waals surface area contributed by atoms with E-state index in [1.54, 1.807) is 13.0 Å². The van der Waals surface area contributed by atoms with Gasteiger partial charge in [0.05, 0.1) is 0 Å². The van der Waals surface area contributed by atoms with Crippen LogP contribution < -0.4 is 11.4 Å². The third-order valence-electron chi connectivity index (χ3n) is 4.72. The summed E-state index contributed by atoms with van der Waals surface area (Å²) >= 11 is 0. The van der Waals surface area contributed by atoms with E-state index in [9.17, 15) is 14.7 Å². The topological polar surface area (TPSA) is 93.5 Å². The zero-order valence-electron chi connectivity index (χ0n) is 17.5. The lowest BCUT2D eigenvalue weighted by atomic mass is 9.99. The molecule has 1 atom stereocenters. The Kier molecular flexibility index (Phi) is 10.1. The smallest absolute Gasteiger partial charge is 0.351 e. The monoisotopic (exact) mass is 387 g/mol. The SMILES string of the molecule is CCCCC/C(C)=C/C=C(\C)C(=O)c1c(O)cc(C(C)CC/C=C/N)oc1=O. The number of hydrogen-bond donors (Lipinski definition) is 2. The number of hydrogen-bond acceptors (Lipinski definition) is 5. The van der Waals surface area contributed by atoms with E-state index in [4.69, 9.17) is 10.2 Å². The third-order valence-corrected chi connectivity index (χ3v) is 4.72. The fourth-order valence-electron chi connectivity index (χ4n) is 2.81. The summed E-state index contributed by atoms with van der Waals surface area (Å²) in [6.45, 7) is 7.70. The van der Waals surface area contributed by atoms with Crippen LogP contribution >= 0.6 is 0 Å². The first-order valence-corrected chi connectivity index (χ1v) is 9.94. The molecule has 1 aromatic heterocycles. The molecule has 28 heavy (non-hydrogen) atoms. The van der Waals surface area contributed by atoms with E-state index in [2.05, 4.69) is 6.92 Å². The van der Waals surface area contributed by atoms with Gasteiger partial charge in [0.1, 0.15) is 17.1 Å². The number of ketones is 1. The van der Waals surface area contributed by atoms with Crippen LogP contribution in [-0.4, -0.2) is 10.9 Å². The molecule has 5 nitrogen and oxygen atoms in total. The van der Waals surface area contributed by atoms with Crippen molar-refractivity contribution in [3.63, 3.8) is 0 Å². The first-order valence-electron chi connectivity index (χ1n) is 9.94. The summed E-state index contributed by atoms with van der Waals surface area (Å²) in [4.78, 5) is 24.9. The minimum atomic E-state index is -0.808. The average molecular weight is 388 g/mol. The third kappa shape index (κ3) is 7.22. The Morgan fingerprint density at radius 3 is 2.61 bits per heavy atom. The fourth-order valence-corrected chi connectivity index (χ4v) is 2.81. The number of Topliss-reactive ketones (excluding diaryl/α,β-unsaturated/α-hetero) is 1. The normalized spacial score (nSPS) is 13.9. The van der Waals surface area contributed by atoms with Gasteiger partial charge in [0, 0.05) is 12.0 Å². The molecular weight excluding hydrogens is 354 g/mol. The highest BCUT2D eigenvalue weighted by molar-refractivity contribution is 6.09. The summed E-state index contributed by atoms with van der Waals surface area (Å²) in [5.74, 6) is -0.579. The highest BCUT2D eigenvalue weighted by Crippen LogP contribution is 2.26. The molecule has 1 heterocycles. The molecule has 0 fully saturated rings. The van der Waals surface area contributed by atoms with Crippen molar-refractivity contribution >= 4 is 5.78 Å². The Hall–Kier alpha value is -2.56. The zero-order chi connectivity index (χ0) is 21.1. The first kappa shape index (κ1) is 23.5. The number of carbonyl (C=O) groups is 1. The standard InChI is InChI=1S/C23H33NO4/c1-5-6-7-10-16(2)12-13-18(4)22(26)21-19(25)15-20(28-23(21)27)17(3)11-8-9-14-24/h9,12-15,17,25H,5-8,10-11,24H2,1-4H3/b14-9+,16-12+,18-13+. The van der Waals surface area contributed by atoms with Crippen LogP contribution in [0.4, 0.5) is 0 Å². The van der Waals surface area contributed by atoms with Gasteiger partial charge in [0.2, 0.25) is 0 Å². The van der Waals surface area contributed by atoms with Crippen LogP contribution in [0.25, 0.3) is 0 Å². The van der Waals surface area contributed by atoms with E-state index < -0.39 is 11.4 Å². The van der Waals surface area contributed by atoms with Gasteiger partial charge in [-0.1, -0.05) is 50.5 Å². The molecule has 0 aliphatic carbocycles. The molecule has 1 unspecified atom stereocenters. The highest BCUT2D eigenvalue weighted by Gasteiger charge is 2.21. The maximum absolute atomic E-state index is 12.6. The van der Waals surface area contributed by atoms with Crippen molar-refractivity contribution in [1.29, 1.82) is 0 Å².